The Kier molecular flexibility index (Phi) is 4.63. The normalized spacial score (nSPS) is 11.4. The van der Waals surface area contributed by atoms with E-state index in [1.165, 1.54) is 0 Å². The highest BCUT2D eigenvalue weighted by Crippen LogP contribution is 2.17. The molecule has 0 saturated heterocycles. The van der Waals surface area contributed by atoms with Crippen LogP contribution in [0.5, 0.6) is 0 Å². The van der Waals surface area contributed by atoms with Crippen molar-refractivity contribution in [2.75, 3.05) is 5.48 Å². The van der Waals surface area contributed by atoms with Gasteiger partial charge in [0.15, 0.2) is 0 Å². The van der Waals surface area contributed by atoms with Gasteiger partial charge in [-0.1, -0.05) is 45.9 Å². The second-order valence-corrected chi connectivity index (χ2v) is 4.54. The summed E-state index contributed by atoms with van der Waals surface area (Å²) in [6.07, 6.45) is 0.241. The molecule has 0 heterocycles. The largest absolute Gasteiger partial charge is 0.272 e. The van der Waals surface area contributed by atoms with Crippen molar-refractivity contribution in [3.63, 3.8) is 0 Å². The quantitative estimate of drug-likeness (QED) is 0.743. The van der Waals surface area contributed by atoms with E-state index in [0.29, 0.717) is 11.8 Å². The van der Waals surface area contributed by atoms with Gasteiger partial charge < -0.3 is 0 Å². The summed E-state index contributed by atoms with van der Waals surface area (Å²) < 4.78 is 0. The molecule has 0 bridgehead atoms. The van der Waals surface area contributed by atoms with Crippen LogP contribution in [0.15, 0.2) is 30.3 Å². The van der Waals surface area contributed by atoms with Gasteiger partial charge in [-0.05, 0) is 24.0 Å². The lowest BCUT2D eigenvalue weighted by atomic mass is 9.97. The third-order valence-corrected chi connectivity index (χ3v) is 2.40. The fourth-order valence-electron chi connectivity index (χ4n) is 1.68. The van der Waals surface area contributed by atoms with Crippen molar-refractivity contribution < 1.29 is 4.84 Å². The van der Waals surface area contributed by atoms with Crippen LogP contribution in [0.2, 0.25) is 0 Å². The van der Waals surface area contributed by atoms with Gasteiger partial charge in [0, 0.05) is 0 Å². The zero-order valence-corrected chi connectivity index (χ0v) is 10.0. The van der Waals surface area contributed by atoms with Gasteiger partial charge in [-0.2, -0.15) is 0 Å². The molecule has 0 fully saturated rings. The first kappa shape index (κ1) is 12.1. The molecular formula is C13H21NO. The number of para-hydroxylation sites is 1. The smallest absolute Gasteiger partial charge is 0.0899 e. The lowest BCUT2D eigenvalue weighted by Crippen LogP contribution is -2.28. The van der Waals surface area contributed by atoms with E-state index < -0.39 is 0 Å². The average Bonchev–Trinajstić information content (AvgIpc) is 2.18. The molecule has 0 aliphatic rings. The minimum absolute atomic E-state index is 0.241. The summed E-state index contributed by atoms with van der Waals surface area (Å²) >= 11 is 0. The predicted octanol–water partition coefficient (Wildman–Crippen LogP) is 3.71. The first-order valence-electron chi connectivity index (χ1n) is 5.58. The summed E-state index contributed by atoms with van der Waals surface area (Å²) in [5, 5.41) is 0. The van der Waals surface area contributed by atoms with Crippen LogP contribution in [0.1, 0.15) is 27.7 Å². The maximum absolute atomic E-state index is 5.70. The molecule has 2 nitrogen and oxygen atoms in total. The van der Waals surface area contributed by atoms with Crippen molar-refractivity contribution >= 4 is 5.69 Å². The zero-order chi connectivity index (χ0) is 11.3. The Hall–Kier alpha value is -1.02. The van der Waals surface area contributed by atoms with Crippen LogP contribution in [0.3, 0.4) is 0 Å². The van der Waals surface area contributed by atoms with E-state index in [1.807, 2.05) is 30.3 Å². The highest BCUT2D eigenvalue weighted by atomic mass is 16.7. The summed E-state index contributed by atoms with van der Waals surface area (Å²) in [5.41, 5.74) is 4.01. The van der Waals surface area contributed by atoms with Gasteiger partial charge in [-0.25, -0.2) is 0 Å². The molecule has 15 heavy (non-hydrogen) atoms. The van der Waals surface area contributed by atoms with Crippen LogP contribution in [0, 0.1) is 11.8 Å². The van der Waals surface area contributed by atoms with Gasteiger partial charge in [-0.3, -0.25) is 10.3 Å². The van der Waals surface area contributed by atoms with Gasteiger partial charge >= 0.3 is 0 Å². The maximum Gasteiger partial charge on any atom is 0.0899 e. The molecule has 0 atom stereocenters. The molecule has 0 unspecified atom stereocenters. The lowest BCUT2D eigenvalue weighted by Gasteiger charge is -2.25. The highest BCUT2D eigenvalue weighted by Gasteiger charge is 2.18. The molecule has 1 aromatic carbocycles. The van der Waals surface area contributed by atoms with E-state index in [4.69, 9.17) is 4.84 Å². The maximum atomic E-state index is 5.70. The van der Waals surface area contributed by atoms with Gasteiger partial charge in [0.2, 0.25) is 0 Å². The van der Waals surface area contributed by atoms with E-state index in [-0.39, 0.29) is 6.10 Å². The molecule has 0 aliphatic heterocycles. The van der Waals surface area contributed by atoms with Crippen molar-refractivity contribution in [2.24, 2.45) is 11.8 Å². The van der Waals surface area contributed by atoms with Gasteiger partial charge in [-0.15, -0.1) is 0 Å². The molecule has 0 radical (unpaired) electrons. The van der Waals surface area contributed by atoms with Crippen LogP contribution in [-0.4, -0.2) is 6.10 Å². The van der Waals surface area contributed by atoms with Crippen LogP contribution < -0.4 is 5.48 Å². The van der Waals surface area contributed by atoms with Crippen molar-refractivity contribution in [1.29, 1.82) is 0 Å². The molecule has 84 valence electrons. The fraction of sp³-hybridized carbons (Fsp3) is 0.538. The van der Waals surface area contributed by atoms with E-state index in [9.17, 15) is 0 Å². The Morgan fingerprint density at radius 2 is 1.47 bits per heavy atom. The predicted molar refractivity (Wildman–Crippen MR) is 64.6 cm³/mol. The monoisotopic (exact) mass is 207 g/mol. The minimum atomic E-state index is 0.241. The van der Waals surface area contributed by atoms with Crippen LogP contribution in [-0.2, 0) is 4.84 Å². The topological polar surface area (TPSA) is 21.3 Å². The Morgan fingerprint density at radius 3 is 1.93 bits per heavy atom. The second kappa shape index (κ2) is 5.76. The molecule has 2 heteroatoms. The fourth-order valence-corrected chi connectivity index (χ4v) is 1.68. The van der Waals surface area contributed by atoms with Crippen LogP contribution in [0.4, 0.5) is 5.69 Å². The zero-order valence-electron chi connectivity index (χ0n) is 10.0. The summed E-state index contributed by atoms with van der Waals surface area (Å²) in [5.74, 6) is 1.03. The molecule has 0 aromatic heterocycles. The van der Waals surface area contributed by atoms with Crippen molar-refractivity contribution in [3.8, 4) is 0 Å². The van der Waals surface area contributed by atoms with Crippen molar-refractivity contribution in [3.05, 3.63) is 30.3 Å². The van der Waals surface area contributed by atoms with Gasteiger partial charge in [0.05, 0.1) is 11.8 Å². The molecule has 0 spiro atoms. The van der Waals surface area contributed by atoms with Crippen LogP contribution >= 0.6 is 0 Å². The molecule has 0 aliphatic carbocycles. The highest BCUT2D eigenvalue weighted by molar-refractivity contribution is 5.40. The number of anilines is 1. The van der Waals surface area contributed by atoms with Crippen molar-refractivity contribution in [2.45, 2.75) is 33.8 Å². The second-order valence-electron chi connectivity index (χ2n) is 4.54. The third kappa shape index (κ3) is 3.92. The van der Waals surface area contributed by atoms with Crippen molar-refractivity contribution in [1.82, 2.24) is 0 Å². The summed E-state index contributed by atoms with van der Waals surface area (Å²) in [7, 11) is 0. The molecule has 1 rings (SSSR count). The van der Waals surface area contributed by atoms with E-state index in [2.05, 4.69) is 33.2 Å². The first-order chi connectivity index (χ1) is 7.11. The number of rotatable bonds is 5. The Labute approximate surface area is 92.6 Å². The Balaban J connectivity index is 2.47. The van der Waals surface area contributed by atoms with Gasteiger partial charge in [0.1, 0.15) is 0 Å². The SMILES string of the molecule is CC(C)C(ONc1ccccc1)C(C)C. The van der Waals surface area contributed by atoms with E-state index in [0.717, 1.165) is 5.69 Å². The summed E-state index contributed by atoms with van der Waals surface area (Å²) in [6.45, 7) is 8.71. The first-order valence-corrected chi connectivity index (χ1v) is 5.58. The summed E-state index contributed by atoms with van der Waals surface area (Å²) in [4.78, 5) is 5.70. The molecule has 1 aromatic rings. The molecule has 1 N–H and O–H groups in total. The molecule has 0 amide bonds. The van der Waals surface area contributed by atoms with E-state index in [1.54, 1.807) is 0 Å². The Morgan fingerprint density at radius 1 is 0.933 bits per heavy atom. The van der Waals surface area contributed by atoms with Gasteiger partial charge in [0.25, 0.3) is 0 Å². The lowest BCUT2D eigenvalue weighted by molar-refractivity contribution is 0.0273. The molecular weight excluding hydrogens is 186 g/mol. The van der Waals surface area contributed by atoms with Crippen LogP contribution in [0.25, 0.3) is 0 Å². The number of nitrogens with one attached hydrogen (secondary N) is 1. The number of hydrogen-bond donors (Lipinski definition) is 1. The minimum Gasteiger partial charge on any atom is -0.272 e. The Bertz CT molecular complexity index is 261. The molecule has 0 saturated carbocycles. The summed E-state index contributed by atoms with van der Waals surface area (Å²) in [6, 6.07) is 9.97. The average molecular weight is 207 g/mol. The van der Waals surface area contributed by atoms with E-state index >= 15 is 0 Å². The standard InChI is InChI=1S/C13H21NO/c1-10(2)13(11(3)4)15-14-12-8-6-5-7-9-12/h5-11,13-14H,1-4H3. The number of benzene rings is 1. The number of hydrogen-bond acceptors (Lipinski definition) is 2. The third-order valence-electron chi connectivity index (χ3n) is 2.40.